The van der Waals surface area contributed by atoms with Crippen molar-refractivity contribution in [3.05, 3.63) is 39.5 Å². The minimum Gasteiger partial charge on any atom is -0.368 e. The molecular formula is C21H27N5S. The number of benzene rings is 1. The van der Waals surface area contributed by atoms with E-state index in [1.165, 1.54) is 27.0 Å². The Morgan fingerprint density at radius 1 is 1.19 bits per heavy atom. The number of nitrogens with two attached hydrogens (primary N) is 1. The minimum absolute atomic E-state index is 0.266. The van der Waals surface area contributed by atoms with Crippen molar-refractivity contribution in [3.8, 4) is 0 Å². The summed E-state index contributed by atoms with van der Waals surface area (Å²) in [5, 5.41) is 3.64. The van der Waals surface area contributed by atoms with Crippen molar-refractivity contribution in [3.63, 3.8) is 0 Å². The van der Waals surface area contributed by atoms with Crippen LogP contribution < -0.4 is 11.1 Å². The SMILES string of the molecule is CCC(CC)Nc1nc(N)nc2c1C(c1c(C)cc(C)c3scnc13)CC2. The smallest absolute Gasteiger partial charge is 0.222 e. The molecule has 3 N–H and O–H groups in total. The first-order valence-corrected chi connectivity index (χ1v) is 10.7. The van der Waals surface area contributed by atoms with Crippen molar-refractivity contribution < 1.29 is 0 Å². The molecule has 0 aliphatic heterocycles. The van der Waals surface area contributed by atoms with Gasteiger partial charge >= 0.3 is 0 Å². The third kappa shape index (κ3) is 3.06. The molecule has 3 aromatic rings. The number of aryl methyl sites for hydroxylation is 3. The van der Waals surface area contributed by atoms with Gasteiger partial charge in [-0.2, -0.15) is 4.98 Å². The number of rotatable bonds is 5. The van der Waals surface area contributed by atoms with Crippen LogP contribution in [0.15, 0.2) is 11.6 Å². The number of nitrogens with one attached hydrogen (secondary N) is 1. The van der Waals surface area contributed by atoms with Crippen LogP contribution >= 0.6 is 11.3 Å². The third-order valence-electron chi connectivity index (χ3n) is 5.77. The molecule has 27 heavy (non-hydrogen) atoms. The van der Waals surface area contributed by atoms with Crippen molar-refractivity contribution in [1.29, 1.82) is 0 Å². The maximum atomic E-state index is 6.03. The maximum Gasteiger partial charge on any atom is 0.222 e. The van der Waals surface area contributed by atoms with Crippen LogP contribution in [0.4, 0.5) is 11.8 Å². The average Bonchev–Trinajstić information content (AvgIpc) is 3.27. The zero-order valence-corrected chi connectivity index (χ0v) is 17.3. The third-order valence-corrected chi connectivity index (χ3v) is 6.74. The zero-order valence-electron chi connectivity index (χ0n) is 16.5. The lowest BCUT2D eigenvalue weighted by Gasteiger charge is -2.22. The van der Waals surface area contributed by atoms with Gasteiger partial charge in [0.1, 0.15) is 5.82 Å². The molecule has 1 unspecified atom stereocenters. The molecule has 0 saturated heterocycles. The van der Waals surface area contributed by atoms with Gasteiger partial charge in [-0.25, -0.2) is 9.97 Å². The van der Waals surface area contributed by atoms with Crippen molar-refractivity contribution in [2.75, 3.05) is 11.1 Å². The summed E-state index contributed by atoms with van der Waals surface area (Å²) < 4.78 is 1.29. The largest absolute Gasteiger partial charge is 0.368 e. The molecule has 1 aliphatic carbocycles. The van der Waals surface area contributed by atoms with Gasteiger partial charge < -0.3 is 11.1 Å². The molecule has 1 aromatic carbocycles. The molecule has 1 aliphatic rings. The number of fused-ring (bicyclic) bond motifs is 2. The fraction of sp³-hybridized carbons (Fsp3) is 0.476. The standard InChI is InChI=1S/C21H27N5S/c1-5-13(6-2)24-20-17-14(7-8-15(17)25-21(22)26-20)16-11(3)9-12(4)19-18(16)23-10-27-19/h9-10,13-14H,5-8H2,1-4H3,(H3,22,24,25,26). The van der Waals surface area contributed by atoms with Gasteiger partial charge in [0.25, 0.3) is 0 Å². The van der Waals surface area contributed by atoms with E-state index in [2.05, 4.69) is 49.0 Å². The lowest BCUT2D eigenvalue weighted by atomic mass is 9.88. The molecule has 0 saturated carbocycles. The van der Waals surface area contributed by atoms with E-state index in [1.54, 1.807) is 11.3 Å². The molecule has 0 radical (unpaired) electrons. The topological polar surface area (TPSA) is 76.7 Å². The van der Waals surface area contributed by atoms with E-state index in [1.807, 2.05) is 5.51 Å². The van der Waals surface area contributed by atoms with Gasteiger partial charge in [-0.3, -0.25) is 0 Å². The van der Waals surface area contributed by atoms with Gasteiger partial charge in [0.05, 0.1) is 21.4 Å². The summed E-state index contributed by atoms with van der Waals surface area (Å²) in [6, 6.07) is 2.68. The van der Waals surface area contributed by atoms with E-state index in [4.69, 9.17) is 10.7 Å². The number of hydrogen-bond acceptors (Lipinski definition) is 6. The number of hydrogen-bond donors (Lipinski definition) is 2. The second-order valence-electron chi connectivity index (χ2n) is 7.49. The number of aromatic nitrogens is 3. The second kappa shape index (κ2) is 7.08. The first-order valence-electron chi connectivity index (χ1n) is 9.79. The predicted octanol–water partition coefficient (Wildman–Crippen LogP) is 4.96. The van der Waals surface area contributed by atoms with E-state index < -0.39 is 0 Å². The first kappa shape index (κ1) is 18.2. The van der Waals surface area contributed by atoms with Crippen molar-refractivity contribution in [1.82, 2.24) is 15.0 Å². The van der Waals surface area contributed by atoms with Gasteiger partial charge in [-0.05, 0) is 56.2 Å². The van der Waals surface area contributed by atoms with Crippen molar-refractivity contribution >= 4 is 33.3 Å². The van der Waals surface area contributed by atoms with E-state index in [9.17, 15) is 0 Å². The average molecular weight is 382 g/mol. The number of anilines is 2. The fourth-order valence-electron chi connectivity index (χ4n) is 4.41. The quantitative estimate of drug-likeness (QED) is 0.653. The molecule has 142 valence electrons. The van der Waals surface area contributed by atoms with E-state index in [-0.39, 0.29) is 5.92 Å². The molecule has 0 bridgehead atoms. The molecule has 0 spiro atoms. The van der Waals surface area contributed by atoms with Crippen molar-refractivity contribution in [2.24, 2.45) is 0 Å². The van der Waals surface area contributed by atoms with Crippen LogP contribution in [0.1, 0.15) is 67.0 Å². The number of thiazole rings is 1. The Morgan fingerprint density at radius 3 is 2.70 bits per heavy atom. The Balaban J connectivity index is 1.88. The lowest BCUT2D eigenvalue weighted by molar-refractivity contribution is 0.665. The van der Waals surface area contributed by atoms with Crippen LogP contribution in [0.5, 0.6) is 0 Å². The summed E-state index contributed by atoms with van der Waals surface area (Å²) in [7, 11) is 0. The van der Waals surface area contributed by atoms with Gasteiger partial charge in [0.15, 0.2) is 0 Å². The molecule has 4 rings (SSSR count). The van der Waals surface area contributed by atoms with Crippen LogP contribution in [0, 0.1) is 13.8 Å². The highest BCUT2D eigenvalue weighted by atomic mass is 32.1. The fourth-order valence-corrected chi connectivity index (χ4v) is 5.20. The summed E-state index contributed by atoms with van der Waals surface area (Å²) in [5.41, 5.74) is 15.4. The molecule has 2 heterocycles. The lowest BCUT2D eigenvalue weighted by Crippen LogP contribution is -2.20. The van der Waals surface area contributed by atoms with Crippen LogP contribution in [0.25, 0.3) is 10.2 Å². The number of nitrogen functional groups attached to an aromatic ring is 1. The number of nitrogens with zero attached hydrogens (tertiary/aromatic N) is 3. The van der Waals surface area contributed by atoms with Gasteiger partial charge in [0, 0.05) is 17.5 Å². The van der Waals surface area contributed by atoms with Gasteiger partial charge in [-0.1, -0.05) is 19.9 Å². The Morgan fingerprint density at radius 2 is 1.96 bits per heavy atom. The van der Waals surface area contributed by atoms with Crippen LogP contribution in [-0.2, 0) is 6.42 Å². The Kier molecular flexibility index (Phi) is 4.76. The highest BCUT2D eigenvalue weighted by molar-refractivity contribution is 7.17. The summed E-state index contributed by atoms with van der Waals surface area (Å²) in [5.74, 6) is 1.54. The van der Waals surface area contributed by atoms with E-state index in [0.717, 1.165) is 42.7 Å². The van der Waals surface area contributed by atoms with Crippen LogP contribution in [-0.4, -0.2) is 21.0 Å². The Hall–Kier alpha value is -2.21. The molecule has 1 atom stereocenters. The summed E-state index contributed by atoms with van der Waals surface area (Å²) >= 11 is 1.72. The van der Waals surface area contributed by atoms with Crippen LogP contribution in [0.3, 0.4) is 0 Å². The normalized spacial score (nSPS) is 16.3. The predicted molar refractivity (Wildman–Crippen MR) is 114 cm³/mol. The van der Waals surface area contributed by atoms with Gasteiger partial charge in [0.2, 0.25) is 5.95 Å². The maximum absolute atomic E-state index is 6.03. The van der Waals surface area contributed by atoms with Crippen LogP contribution in [0.2, 0.25) is 0 Å². The molecular weight excluding hydrogens is 354 g/mol. The Labute approximate surface area is 164 Å². The zero-order chi connectivity index (χ0) is 19.1. The monoisotopic (exact) mass is 381 g/mol. The molecule has 6 heteroatoms. The highest BCUT2D eigenvalue weighted by Crippen LogP contribution is 2.45. The molecule has 0 fully saturated rings. The summed E-state index contributed by atoms with van der Waals surface area (Å²) in [4.78, 5) is 13.9. The molecule has 0 amide bonds. The van der Waals surface area contributed by atoms with Gasteiger partial charge in [-0.15, -0.1) is 11.3 Å². The summed E-state index contributed by atoms with van der Waals surface area (Å²) in [6.07, 6.45) is 4.07. The Bertz CT molecular complexity index is 990. The van der Waals surface area contributed by atoms with Crippen molar-refractivity contribution in [2.45, 2.75) is 65.3 Å². The molecule has 2 aromatic heterocycles. The minimum atomic E-state index is 0.266. The molecule has 5 nitrogen and oxygen atoms in total. The highest BCUT2D eigenvalue weighted by Gasteiger charge is 2.33. The first-order chi connectivity index (χ1) is 13.0. The second-order valence-corrected chi connectivity index (χ2v) is 8.35. The van der Waals surface area contributed by atoms with E-state index >= 15 is 0 Å². The van der Waals surface area contributed by atoms with E-state index in [0.29, 0.717) is 12.0 Å². The summed E-state index contributed by atoms with van der Waals surface area (Å²) in [6.45, 7) is 8.77.